The number of aromatic nitrogens is 3. The van der Waals surface area contributed by atoms with Crippen molar-refractivity contribution in [1.82, 2.24) is 14.8 Å². The Balaban J connectivity index is 1.58. The van der Waals surface area contributed by atoms with Crippen LogP contribution in [0.15, 0.2) is 36.5 Å². The van der Waals surface area contributed by atoms with Crippen molar-refractivity contribution in [1.29, 1.82) is 0 Å². The van der Waals surface area contributed by atoms with Gasteiger partial charge in [0.25, 0.3) is 0 Å². The lowest BCUT2D eigenvalue weighted by Gasteiger charge is -2.23. The van der Waals surface area contributed by atoms with Gasteiger partial charge in [-0.15, -0.1) is 0 Å². The molecule has 1 fully saturated rings. The fourth-order valence-corrected chi connectivity index (χ4v) is 4.66. The summed E-state index contributed by atoms with van der Waals surface area (Å²) in [6.07, 6.45) is 3.25. The lowest BCUT2D eigenvalue weighted by molar-refractivity contribution is -0.122. The van der Waals surface area contributed by atoms with E-state index >= 15 is 0 Å². The topological polar surface area (TPSA) is 80.1 Å². The second-order valence-electron chi connectivity index (χ2n) is 8.07. The zero-order valence-corrected chi connectivity index (χ0v) is 20.2. The molecule has 1 N–H and O–H groups in total. The van der Waals surface area contributed by atoms with Gasteiger partial charge in [-0.2, -0.15) is 9.78 Å². The van der Waals surface area contributed by atoms with E-state index in [0.29, 0.717) is 33.9 Å². The molecule has 1 unspecified atom stereocenters. The molecule has 33 heavy (non-hydrogen) atoms. The van der Waals surface area contributed by atoms with E-state index in [-0.39, 0.29) is 18.2 Å². The van der Waals surface area contributed by atoms with Crippen molar-refractivity contribution in [3.05, 3.63) is 63.4 Å². The fraction of sp³-hybridized carbons (Fsp3) is 0.333. The molecule has 2 amide bonds. The Hall–Kier alpha value is -2.90. The Kier molecular flexibility index (Phi) is 6.72. The molecule has 0 radical (unpaired) electrons. The Morgan fingerprint density at radius 3 is 2.52 bits per heavy atom. The summed E-state index contributed by atoms with van der Waals surface area (Å²) in [6.45, 7) is 6.29. The van der Waals surface area contributed by atoms with Gasteiger partial charge in [0, 0.05) is 30.9 Å². The highest BCUT2D eigenvalue weighted by Crippen LogP contribution is 2.33. The van der Waals surface area contributed by atoms with Gasteiger partial charge in [0.1, 0.15) is 5.82 Å². The number of anilines is 2. The van der Waals surface area contributed by atoms with Gasteiger partial charge < -0.3 is 10.2 Å². The molecule has 4 rings (SSSR count). The maximum absolute atomic E-state index is 13.2. The van der Waals surface area contributed by atoms with Gasteiger partial charge in [0.15, 0.2) is 5.82 Å². The Bertz CT molecular complexity index is 1200. The first kappa shape index (κ1) is 23.3. The van der Waals surface area contributed by atoms with E-state index in [1.165, 1.54) is 10.9 Å². The average Bonchev–Trinajstić information content (AvgIpc) is 3.35. The van der Waals surface area contributed by atoms with Crippen LogP contribution in [-0.2, 0) is 22.4 Å². The Morgan fingerprint density at radius 1 is 1.18 bits per heavy atom. The van der Waals surface area contributed by atoms with Crippen LogP contribution in [0.3, 0.4) is 0 Å². The van der Waals surface area contributed by atoms with E-state index in [1.807, 2.05) is 25.1 Å². The first-order valence-corrected chi connectivity index (χ1v) is 11.7. The number of rotatable bonds is 6. The van der Waals surface area contributed by atoms with Crippen molar-refractivity contribution < 1.29 is 9.59 Å². The summed E-state index contributed by atoms with van der Waals surface area (Å²) in [5.74, 6) is 0.0211. The summed E-state index contributed by atoms with van der Waals surface area (Å²) < 4.78 is 1.47. The van der Waals surface area contributed by atoms with Crippen LogP contribution in [0.1, 0.15) is 37.1 Å². The molecule has 172 valence electrons. The molecular formula is C24H25Cl2N5O2. The third-order valence-electron chi connectivity index (χ3n) is 5.80. The zero-order chi connectivity index (χ0) is 23.7. The second-order valence-corrected chi connectivity index (χ2v) is 8.91. The van der Waals surface area contributed by atoms with E-state index < -0.39 is 5.92 Å². The SMILES string of the molecule is CCc1cccc(CC)c1N1CC(C(=O)Nc2cc(C)nn2-c2ncc(Cl)cc2Cl)CC1=O. The highest BCUT2D eigenvalue weighted by atomic mass is 35.5. The number of hydrogen-bond donors (Lipinski definition) is 1. The standard InChI is InChI=1S/C24H25Cl2N5O2/c1-4-15-7-6-8-16(5-2)22(15)30-13-17(10-21(30)32)24(33)28-20-9-14(3)29-31(20)23-19(26)11-18(25)12-27-23/h6-9,11-12,17H,4-5,10,13H2,1-3H3,(H,28,33). The number of nitrogens with one attached hydrogen (secondary N) is 1. The molecule has 0 bridgehead atoms. The Labute approximate surface area is 202 Å². The van der Waals surface area contributed by atoms with Gasteiger partial charge in [-0.1, -0.05) is 55.2 Å². The van der Waals surface area contributed by atoms with E-state index in [9.17, 15) is 9.59 Å². The van der Waals surface area contributed by atoms with Gasteiger partial charge in [-0.05, 0) is 37.0 Å². The largest absolute Gasteiger partial charge is 0.311 e. The summed E-state index contributed by atoms with van der Waals surface area (Å²) in [4.78, 5) is 32.1. The maximum atomic E-state index is 13.2. The molecule has 1 saturated heterocycles. The molecule has 1 aliphatic heterocycles. The molecule has 9 heteroatoms. The normalized spacial score (nSPS) is 15.8. The van der Waals surface area contributed by atoms with Crippen molar-refractivity contribution in [2.75, 3.05) is 16.8 Å². The number of amides is 2. The Morgan fingerprint density at radius 2 is 1.88 bits per heavy atom. The number of carbonyl (C=O) groups is 2. The first-order chi connectivity index (χ1) is 15.8. The van der Waals surface area contributed by atoms with Crippen LogP contribution < -0.4 is 10.2 Å². The number of pyridine rings is 1. The van der Waals surface area contributed by atoms with Crippen LogP contribution in [0.4, 0.5) is 11.5 Å². The molecule has 0 spiro atoms. The second kappa shape index (κ2) is 9.53. The minimum absolute atomic E-state index is 0.0437. The number of carbonyl (C=O) groups excluding carboxylic acids is 2. The molecule has 0 saturated carbocycles. The molecule has 1 atom stereocenters. The minimum atomic E-state index is -0.482. The third kappa shape index (κ3) is 4.61. The van der Waals surface area contributed by atoms with E-state index in [0.717, 1.165) is 29.7 Å². The van der Waals surface area contributed by atoms with Crippen LogP contribution in [0.5, 0.6) is 0 Å². The highest BCUT2D eigenvalue weighted by molar-refractivity contribution is 6.35. The summed E-state index contributed by atoms with van der Waals surface area (Å²) in [6, 6.07) is 9.41. The lowest BCUT2D eigenvalue weighted by Crippen LogP contribution is -2.30. The molecule has 1 aliphatic rings. The number of nitrogens with zero attached hydrogens (tertiary/aromatic N) is 4. The highest BCUT2D eigenvalue weighted by Gasteiger charge is 2.37. The molecule has 3 aromatic rings. The van der Waals surface area contributed by atoms with Crippen molar-refractivity contribution in [3.8, 4) is 5.82 Å². The predicted octanol–water partition coefficient (Wildman–Crippen LogP) is 5.00. The van der Waals surface area contributed by atoms with Crippen molar-refractivity contribution in [2.24, 2.45) is 5.92 Å². The summed E-state index contributed by atoms with van der Waals surface area (Å²) in [7, 11) is 0. The van der Waals surface area contributed by atoms with Crippen molar-refractivity contribution in [3.63, 3.8) is 0 Å². The third-order valence-corrected chi connectivity index (χ3v) is 6.29. The predicted molar refractivity (Wildman–Crippen MR) is 130 cm³/mol. The number of halogens is 2. The van der Waals surface area contributed by atoms with Crippen molar-refractivity contribution in [2.45, 2.75) is 40.0 Å². The molecule has 7 nitrogen and oxygen atoms in total. The summed E-state index contributed by atoms with van der Waals surface area (Å²) in [5.41, 5.74) is 3.86. The minimum Gasteiger partial charge on any atom is -0.311 e. The van der Waals surface area contributed by atoms with E-state index in [1.54, 1.807) is 17.0 Å². The number of benzene rings is 1. The number of hydrogen-bond acceptors (Lipinski definition) is 4. The van der Waals surface area contributed by atoms with Gasteiger partial charge in [0.2, 0.25) is 11.8 Å². The van der Waals surface area contributed by atoms with Crippen molar-refractivity contribution >= 4 is 46.5 Å². The van der Waals surface area contributed by atoms with E-state index in [4.69, 9.17) is 23.2 Å². The van der Waals surface area contributed by atoms with Crippen LogP contribution in [0.2, 0.25) is 10.0 Å². The quantitative estimate of drug-likeness (QED) is 0.532. The smallest absolute Gasteiger partial charge is 0.230 e. The average molecular weight is 486 g/mol. The van der Waals surface area contributed by atoms with Gasteiger partial charge >= 0.3 is 0 Å². The molecule has 1 aromatic carbocycles. The van der Waals surface area contributed by atoms with Crippen LogP contribution in [0, 0.1) is 12.8 Å². The van der Waals surface area contributed by atoms with Crippen LogP contribution in [-0.4, -0.2) is 33.1 Å². The molecular weight excluding hydrogens is 461 g/mol. The lowest BCUT2D eigenvalue weighted by atomic mass is 10.0. The van der Waals surface area contributed by atoms with Gasteiger partial charge in [-0.3, -0.25) is 9.59 Å². The number of para-hydroxylation sites is 1. The van der Waals surface area contributed by atoms with Crippen LogP contribution in [0.25, 0.3) is 5.82 Å². The van der Waals surface area contributed by atoms with Gasteiger partial charge in [-0.25, -0.2) is 4.98 Å². The maximum Gasteiger partial charge on any atom is 0.230 e. The summed E-state index contributed by atoms with van der Waals surface area (Å²) in [5, 5.41) is 8.04. The van der Waals surface area contributed by atoms with E-state index in [2.05, 4.69) is 29.2 Å². The van der Waals surface area contributed by atoms with Crippen LogP contribution >= 0.6 is 23.2 Å². The zero-order valence-electron chi connectivity index (χ0n) is 18.7. The summed E-state index contributed by atoms with van der Waals surface area (Å²) >= 11 is 12.3. The fourth-order valence-electron chi connectivity index (χ4n) is 4.20. The first-order valence-electron chi connectivity index (χ1n) is 10.9. The molecule has 2 aromatic heterocycles. The molecule has 3 heterocycles. The monoisotopic (exact) mass is 485 g/mol. The molecule has 0 aliphatic carbocycles. The van der Waals surface area contributed by atoms with Gasteiger partial charge in [0.05, 0.1) is 21.7 Å². The number of aryl methyl sites for hydroxylation is 3.